The van der Waals surface area contributed by atoms with Crippen molar-refractivity contribution < 1.29 is 0 Å². The Labute approximate surface area is 115 Å². The number of nitrogens with one attached hydrogen (secondary N) is 1. The van der Waals surface area contributed by atoms with Crippen LogP contribution in [0.3, 0.4) is 0 Å². The lowest BCUT2D eigenvalue weighted by Crippen LogP contribution is -2.02. The second-order valence-corrected chi connectivity index (χ2v) is 4.51. The van der Waals surface area contributed by atoms with E-state index in [2.05, 4.69) is 15.3 Å². The van der Waals surface area contributed by atoms with Gasteiger partial charge in [0.1, 0.15) is 0 Å². The van der Waals surface area contributed by atoms with Gasteiger partial charge in [-0.15, -0.1) is 0 Å². The lowest BCUT2D eigenvalue weighted by molar-refractivity contribution is 1.29. The average molecular weight is 271 g/mol. The van der Waals surface area contributed by atoms with Gasteiger partial charge in [-0.2, -0.15) is 0 Å². The number of rotatable bonds is 2. The molecule has 3 rings (SSSR count). The van der Waals surface area contributed by atoms with Crippen molar-refractivity contribution in [2.75, 3.05) is 11.1 Å². The maximum atomic E-state index is 5.90. The van der Waals surface area contributed by atoms with Gasteiger partial charge in [0.05, 0.1) is 11.0 Å². The number of nitrogens with two attached hydrogens (primary N) is 1. The predicted molar refractivity (Wildman–Crippen MR) is 78.7 cm³/mol. The highest BCUT2D eigenvalue weighted by Crippen LogP contribution is 2.23. The molecule has 0 saturated heterocycles. The molecule has 3 aromatic rings. The summed E-state index contributed by atoms with van der Waals surface area (Å²) in [6.07, 6.45) is 0. The van der Waals surface area contributed by atoms with Crippen molar-refractivity contribution in [2.45, 2.75) is 0 Å². The van der Waals surface area contributed by atoms with E-state index >= 15 is 0 Å². The summed E-state index contributed by atoms with van der Waals surface area (Å²) >= 11 is 5.84. The van der Waals surface area contributed by atoms with Crippen LogP contribution in [0.2, 0.25) is 5.02 Å². The highest BCUT2D eigenvalue weighted by atomic mass is 35.5. The predicted octanol–water partition coefficient (Wildman–Crippen LogP) is 3.61. The van der Waals surface area contributed by atoms with Crippen LogP contribution in [-0.2, 0) is 0 Å². The smallest absolute Gasteiger partial charge is 0.174 e. The Hall–Kier alpha value is -2.33. The third-order valence-corrected chi connectivity index (χ3v) is 2.96. The number of anilines is 3. The first-order valence-corrected chi connectivity index (χ1v) is 6.15. The second kappa shape index (κ2) is 4.74. The van der Waals surface area contributed by atoms with Crippen LogP contribution in [-0.4, -0.2) is 9.97 Å². The van der Waals surface area contributed by atoms with E-state index in [1.807, 2.05) is 36.4 Å². The van der Waals surface area contributed by atoms with Crippen LogP contribution in [0.25, 0.3) is 11.0 Å². The van der Waals surface area contributed by atoms with Gasteiger partial charge in [-0.25, -0.2) is 9.97 Å². The Morgan fingerprint density at radius 3 is 2.21 bits per heavy atom. The van der Waals surface area contributed by atoms with Crippen LogP contribution in [0.15, 0.2) is 48.5 Å². The third-order valence-electron chi connectivity index (χ3n) is 2.70. The lowest BCUT2D eigenvalue weighted by Gasteiger charge is -2.09. The molecule has 0 amide bonds. The molecule has 19 heavy (non-hydrogen) atoms. The van der Waals surface area contributed by atoms with Gasteiger partial charge in [0.2, 0.25) is 0 Å². The highest BCUT2D eigenvalue weighted by molar-refractivity contribution is 6.30. The minimum atomic E-state index is 0.369. The van der Waals surface area contributed by atoms with Crippen LogP contribution >= 0.6 is 11.6 Å². The van der Waals surface area contributed by atoms with Crippen molar-refractivity contribution in [3.05, 3.63) is 53.6 Å². The fourth-order valence-electron chi connectivity index (χ4n) is 1.78. The summed E-state index contributed by atoms with van der Waals surface area (Å²) in [6, 6.07) is 14.9. The van der Waals surface area contributed by atoms with Gasteiger partial charge in [-0.3, -0.25) is 0 Å². The molecule has 5 heteroatoms. The number of para-hydroxylation sites is 2. The van der Waals surface area contributed by atoms with Gasteiger partial charge >= 0.3 is 0 Å². The number of nitrogen functional groups attached to an aromatic ring is 1. The van der Waals surface area contributed by atoms with Gasteiger partial charge in [0.15, 0.2) is 11.6 Å². The monoisotopic (exact) mass is 270 g/mol. The molecule has 0 bridgehead atoms. The van der Waals surface area contributed by atoms with Crippen LogP contribution in [0.4, 0.5) is 17.3 Å². The van der Waals surface area contributed by atoms with Gasteiger partial charge < -0.3 is 11.1 Å². The molecule has 0 unspecified atom stereocenters. The summed E-state index contributed by atoms with van der Waals surface area (Å²) in [4.78, 5) is 8.78. The first kappa shape index (κ1) is 11.7. The van der Waals surface area contributed by atoms with Crippen molar-refractivity contribution in [1.29, 1.82) is 0 Å². The number of aromatic nitrogens is 2. The minimum Gasteiger partial charge on any atom is -0.381 e. The zero-order valence-electron chi connectivity index (χ0n) is 9.97. The summed E-state index contributed by atoms with van der Waals surface area (Å²) in [5, 5.41) is 3.82. The molecule has 0 aliphatic heterocycles. The van der Waals surface area contributed by atoms with E-state index in [4.69, 9.17) is 17.3 Å². The van der Waals surface area contributed by atoms with E-state index in [1.165, 1.54) is 0 Å². The number of halogens is 1. The molecule has 2 aromatic carbocycles. The fraction of sp³-hybridized carbons (Fsp3) is 0. The first-order valence-electron chi connectivity index (χ1n) is 5.77. The van der Waals surface area contributed by atoms with Crippen molar-refractivity contribution in [3.8, 4) is 0 Å². The second-order valence-electron chi connectivity index (χ2n) is 4.08. The third kappa shape index (κ3) is 2.44. The van der Waals surface area contributed by atoms with Crippen LogP contribution < -0.4 is 11.1 Å². The summed E-state index contributed by atoms with van der Waals surface area (Å²) in [6.45, 7) is 0. The summed E-state index contributed by atoms with van der Waals surface area (Å²) in [5.41, 5.74) is 8.34. The number of benzene rings is 2. The molecule has 0 saturated carbocycles. The molecule has 0 aliphatic rings. The van der Waals surface area contributed by atoms with Crippen molar-refractivity contribution >= 4 is 40.0 Å². The van der Waals surface area contributed by atoms with Crippen LogP contribution in [0.5, 0.6) is 0 Å². The van der Waals surface area contributed by atoms with E-state index in [-0.39, 0.29) is 0 Å². The number of fused-ring (bicyclic) bond motifs is 1. The van der Waals surface area contributed by atoms with Crippen molar-refractivity contribution in [3.63, 3.8) is 0 Å². The van der Waals surface area contributed by atoms with Gasteiger partial charge in [0.25, 0.3) is 0 Å². The molecular weight excluding hydrogens is 260 g/mol. The average Bonchev–Trinajstić information content (AvgIpc) is 2.42. The number of hydrogen-bond acceptors (Lipinski definition) is 4. The SMILES string of the molecule is Nc1nc2ccccc2nc1Nc1ccc(Cl)cc1. The Morgan fingerprint density at radius 2 is 1.53 bits per heavy atom. The van der Waals surface area contributed by atoms with Crippen molar-refractivity contribution in [2.24, 2.45) is 0 Å². The molecule has 0 atom stereocenters. The Balaban J connectivity index is 2.00. The van der Waals surface area contributed by atoms with Crippen molar-refractivity contribution in [1.82, 2.24) is 9.97 Å². The summed E-state index contributed by atoms with van der Waals surface area (Å²) in [5.74, 6) is 0.912. The van der Waals surface area contributed by atoms with Crippen LogP contribution in [0.1, 0.15) is 0 Å². The molecule has 0 spiro atoms. The topological polar surface area (TPSA) is 63.8 Å². The summed E-state index contributed by atoms with van der Waals surface area (Å²) in [7, 11) is 0. The Bertz CT molecular complexity index is 725. The molecule has 94 valence electrons. The Kier molecular flexibility index (Phi) is 2.93. The largest absolute Gasteiger partial charge is 0.381 e. The zero-order chi connectivity index (χ0) is 13.2. The quantitative estimate of drug-likeness (QED) is 0.747. The highest BCUT2D eigenvalue weighted by Gasteiger charge is 2.05. The van der Waals surface area contributed by atoms with E-state index in [0.29, 0.717) is 16.7 Å². The van der Waals surface area contributed by atoms with E-state index in [1.54, 1.807) is 12.1 Å². The standard InChI is InChI=1S/C14H11ClN4/c15-9-5-7-10(8-6-9)17-14-13(16)18-11-3-1-2-4-12(11)19-14/h1-8H,(H2,16,18)(H,17,19). The molecular formula is C14H11ClN4. The first-order chi connectivity index (χ1) is 9.22. The van der Waals surface area contributed by atoms with Gasteiger partial charge in [-0.1, -0.05) is 23.7 Å². The molecule has 3 N–H and O–H groups in total. The molecule has 0 aliphatic carbocycles. The molecule has 4 nitrogen and oxygen atoms in total. The fourth-order valence-corrected chi connectivity index (χ4v) is 1.90. The molecule has 1 heterocycles. The minimum absolute atomic E-state index is 0.369. The van der Waals surface area contributed by atoms with Crippen LogP contribution in [0, 0.1) is 0 Å². The van der Waals surface area contributed by atoms with E-state index in [9.17, 15) is 0 Å². The normalized spacial score (nSPS) is 10.6. The van der Waals surface area contributed by atoms with E-state index < -0.39 is 0 Å². The van der Waals surface area contributed by atoms with E-state index in [0.717, 1.165) is 16.7 Å². The number of hydrogen-bond donors (Lipinski definition) is 2. The molecule has 0 fully saturated rings. The summed E-state index contributed by atoms with van der Waals surface area (Å²) < 4.78 is 0. The van der Waals surface area contributed by atoms with Gasteiger partial charge in [-0.05, 0) is 36.4 Å². The molecule has 0 radical (unpaired) electrons. The van der Waals surface area contributed by atoms with Gasteiger partial charge in [0, 0.05) is 10.7 Å². The molecule has 1 aromatic heterocycles. The lowest BCUT2D eigenvalue weighted by atomic mass is 10.3. The maximum absolute atomic E-state index is 5.90. The number of nitrogens with zero attached hydrogens (tertiary/aromatic N) is 2. The maximum Gasteiger partial charge on any atom is 0.174 e. The zero-order valence-corrected chi connectivity index (χ0v) is 10.7. The Morgan fingerprint density at radius 1 is 0.895 bits per heavy atom.